The molecule has 1 heterocycles. The average molecular weight is 235 g/mol. The van der Waals surface area contributed by atoms with Gasteiger partial charge in [0.05, 0.1) is 18.3 Å². The van der Waals surface area contributed by atoms with Crippen LogP contribution in [-0.2, 0) is 15.9 Å². The Bertz CT molecular complexity index is 407. The van der Waals surface area contributed by atoms with Crippen molar-refractivity contribution in [3.05, 3.63) is 35.4 Å². The zero-order chi connectivity index (χ0) is 12.3. The number of rotatable bonds is 4. The second-order valence-electron chi connectivity index (χ2n) is 4.36. The number of nitrogens with one attached hydrogen (secondary N) is 1. The van der Waals surface area contributed by atoms with E-state index in [9.17, 15) is 4.79 Å². The van der Waals surface area contributed by atoms with Gasteiger partial charge in [-0.2, -0.15) is 0 Å². The van der Waals surface area contributed by atoms with E-state index < -0.39 is 0 Å². The first-order valence-electron chi connectivity index (χ1n) is 5.62. The van der Waals surface area contributed by atoms with Gasteiger partial charge in [-0.15, -0.1) is 0 Å². The zero-order valence-electron chi connectivity index (χ0n) is 10.2. The van der Waals surface area contributed by atoms with Crippen molar-refractivity contribution in [3.8, 4) is 0 Å². The maximum Gasteiger partial charge on any atom is 0.337 e. The highest BCUT2D eigenvalue weighted by Gasteiger charge is 2.36. The second kappa shape index (κ2) is 4.85. The van der Waals surface area contributed by atoms with Crippen LogP contribution in [0, 0.1) is 0 Å². The minimum Gasteiger partial charge on any atom is -0.465 e. The molecule has 0 aliphatic carbocycles. The minimum atomic E-state index is -0.301. The number of hydrogen-bond donors (Lipinski definition) is 1. The molecule has 1 fully saturated rings. The van der Waals surface area contributed by atoms with E-state index in [4.69, 9.17) is 9.47 Å². The molecule has 1 aliphatic heterocycles. The molecule has 1 aromatic carbocycles. The summed E-state index contributed by atoms with van der Waals surface area (Å²) in [6.07, 6.45) is 0.807. The highest BCUT2D eigenvalue weighted by atomic mass is 16.5. The van der Waals surface area contributed by atoms with Crippen molar-refractivity contribution in [3.63, 3.8) is 0 Å². The van der Waals surface area contributed by atoms with Gasteiger partial charge in [0, 0.05) is 26.6 Å². The van der Waals surface area contributed by atoms with Gasteiger partial charge in [0.25, 0.3) is 0 Å². The van der Waals surface area contributed by atoms with Gasteiger partial charge in [0.1, 0.15) is 0 Å². The van der Waals surface area contributed by atoms with Crippen LogP contribution in [0.1, 0.15) is 15.9 Å². The summed E-state index contributed by atoms with van der Waals surface area (Å²) in [6, 6.07) is 7.50. The lowest BCUT2D eigenvalue weighted by Gasteiger charge is -2.41. The van der Waals surface area contributed by atoms with Crippen molar-refractivity contribution in [2.24, 2.45) is 0 Å². The van der Waals surface area contributed by atoms with Crippen molar-refractivity contribution in [1.82, 2.24) is 5.32 Å². The van der Waals surface area contributed by atoms with E-state index in [-0.39, 0.29) is 11.6 Å². The van der Waals surface area contributed by atoms with Gasteiger partial charge in [0.2, 0.25) is 0 Å². The highest BCUT2D eigenvalue weighted by molar-refractivity contribution is 5.89. The first-order chi connectivity index (χ1) is 8.19. The summed E-state index contributed by atoms with van der Waals surface area (Å²) in [5.41, 5.74) is 1.56. The van der Waals surface area contributed by atoms with E-state index in [0.29, 0.717) is 5.56 Å². The molecule has 0 spiro atoms. The molecular formula is C13H17NO3. The van der Waals surface area contributed by atoms with Crippen LogP contribution in [0.4, 0.5) is 0 Å². The van der Waals surface area contributed by atoms with Crippen LogP contribution < -0.4 is 5.32 Å². The molecule has 4 heteroatoms. The zero-order valence-corrected chi connectivity index (χ0v) is 10.2. The number of carbonyl (C=O) groups excluding carboxylic acids is 1. The van der Waals surface area contributed by atoms with Gasteiger partial charge in [0.15, 0.2) is 0 Å². The van der Waals surface area contributed by atoms with E-state index in [0.717, 1.165) is 25.1 Å². The summed E-state index contributed by atoms with van der Waals surface area (Å²) >= 11 is 0. The van der Waals surface area contributed by atoms with Crippen molar-refractivity contribution in [2.75, 3.05) is 27.3 Å². The first-order valence-corrected chi connectivity index (χ1v) is 5.62. The van der Waals surface area contributed by atoms with Crippen molar-refractivity contribution >= 4 is 5.97 Å². The Hall–Kier alpha value is -1.39. The second-order valence-corrected chi connectivity index (χ2v) is 4.36. The molecule has 17 heavy (non-hydrogen) atoms. The first kappa shape index (κ1) is 12.1. The van der Waals surface area contributed by atoms with E-state index in [1.54, 1.807) is 13.2 Å². The van der Waals surface area contributed by atoms with Gasteiger partial charge >= 0.3 is 5.97 Å². The van der Waals surface area contributed by atoms with Gasteiger partial charge in [-0.3, -0.25) is 0 Å². The lowest BCUT2D eigenvalue weighted by molar-refractivity contribution is -0.0502. The average Bonchev–Trinajstić information content (AvgIpc) is 2.33. The largest absolute Gasteiger partial charge is 0.465 e. The van der Waals surface area contributed by atoms with Crippen LogP contribution in [0.15, 0.2) is 24.3 Å². The maximum absolute atomic E-state index is 11.4. The van der Waals surface area contributed by atoms with E-state index in [1.165, 1.54) is 7.11 Å². The molecule has 4 nitrogen and oxygen atoms in total. The Labute approximate surface area is 101 Å². The van der Waals surface area contributed by atoms with Crippen molar-refractivity contribution < 1.29 is 14.3 Å². The van der Waals surface area contributed by atoms with Crippen LogP contribution in [0.2, 0.25) is 0 Å². The van der Waals surface area contributed by atoms with Crippen LogP contribution >= 0.6 is 0 Å². The summed E-state index contributed by atoms with van der Waals surface area (Å²) in [4.78, 5) is 11.4. The van der Waals surface area contributed by atoms with Gasteiger partial charge in [-0.05, 0) is 17.7 Å². The monoisotopic (exact) mass is 235 g/mol. The molecule has 1 aromatic rings. The summed E-state index contributed by atoms with van der Waals surface area (Å²) < 4.78 is 10.2. The van der Waals surface area contributed by atoms with E-state index in [1.807, 2.05) is 18.2 Å². The molecule has 1 N–H and O–H groups in total. The fourth-order valence-electron chi connectivity index (χ4n) is 2.04. The summed E-state index contributed by atoms with van der Waals surface area (Å²) in [6.45, 7) is 1.71. The standard InChI is InChI=1S/C13H17NO3/c1-16-12(15)11-5-3-4-10(6-11)7-13(17-2)8-14-9-13/h3-6,14H,7-9H2,1-2H3. The molecule has 1 saturated heterocycles. The lowest BCUT2D eigenvalue weighted by Crippen LogP contribution is -2.61. The molecule has 0 amide bonds. The number of methoxy groups -OCH3 is 2. The van der Waals surface area contributed by atoms with Crippen molar-refractivity contribution in [2.45, 2.75) is 12.0 Å². The molecule has 0 unspecified atom stereocenters. The molecule has 0 atom stereocenters. The van der Waals surface area contributed by atoms with Gasteiger partial charge < -0.3 is 14.8 Å². The Morgan fingerprint density at radius 2 is 2.18 bits per heavy atom. The Morgan fingerprint density at radius 1 is 1.41 bits per heavy atom. The van der Waals surface area contributed by atoms with Crippen LogP contribution in [0.5, 0.6) is 0 Å². The smallest absolute Gasteiger partial charge is 0.337 e. The number of carbonyl (C=O) groups is 1. The fourth-order valence-corrected chi connectivity index (χ4v) is 2.04. The third-order valence-electron chi connectivity index (χ3n) is 3.20. The lowest BCUT2D eigenvalue weighted by atomic mass is 9.88. The van der Waals surface area contributed by atoms with Crippen LogP contribution in [-0.4, -0.2) is 38.9 Å². The minimum absolute atomic E-state index is 0.116. The molecule has 0 saturated carbocycles. The quantitative estimate of drug-likeness (QED) is 0.791. The molecule has 2 rings (SSSR count). The Morgan fingerprint density at radius 3 is 2.71 bits per heavy atom. The molecular weight excluding hydrogens is 218 g/mol. The molecule has 0 radical (unpaired) electrons. The number of hydrogen-bond acceptors (Lipinski definition) is 4. The SMILES string of the molecule is COC(=O)c1cccc(CC2(OC)CNC2)c1. The predicted molar refractivity (Wildman–Crippen MR) is 64.1 cm³/mol. The third kappa shape index (κ3) is 2.48. The number of benzene rings is 1. The summed E-state index contributed by atoms with van der Waals surface area (Å²) in [7, 11) is 3.12. The molecule has 0 aromatic heterocycles. The fraction of sp³-hybridized carbons (Fsp3) is 0.462. The Balaban J connectivity index is 2.13. The number of ether oxygens (including phenoxy) is 2. The third-order valence-corrected chi connectivity index (χ3v) is 3.20. The molecule has 1 aliphatic rings. The van der Waals surface area contributed by atoms with Gasteiger partial charge in [-0.1, -0.05) is 12.1 Å². The van der Waals surface area contributed by atoms with Crippen LogP contribution in [0.3, 0.4) is 0 Å². The van der Waals surface area contributed by atoms with Crippen LogP contribution in [0.25, 0.3) is 0 Å². The van der Waals surface area contributed by atoms with Gasteiger partial charge in [-0.25, -0.2) is 4.79 Å². The predicted octanol–water partition coefficient (Wildman–Crippen LogP) is 1.00. The molecule has 0 bridgehead atoms. The van der Waals surface area contributed by atoms with E-state index >= 15 is 0 Å². The maximum atomic E-state index is 11.4. The van der Waals surface area contributed by atoms with Crippen molar-refractivity contribution in [1.29, 1.82) is 0 Å². The normalized spacial score (nSPS) is 17.3. The molecule has 92 valence electrons. The number of esters is 1. The Kier molecular flexibility index (Phi) is 3.45. The highest BCUT2D eigenvalue weighted by Crippen LogP contribution is 2.22. The topological polar surface area (TPSA) is 47.6 Å². The van der Waals surface area contributed by atoms with E-state index in [2.05, 4.69) is 5.32 Å². The summed E-state index contributed by atoms with van der Waals surface area (Å²) in [5.74, 6) is -0.301. The summed E-state index contributed by atoms with van der Waals surface area (Å²) in [5, 5.41) is 3.21.